The number of likely N-dealkylation sites (tertiary alicyclic amines) is 1. The highest BCUT2D eigenvalue weighted by Crippen LogP contribution is 2.17. The molecule has 1 amide bonds. The molecule has 1 aromatic carbocycles. The zero-order valence-corrected chi connectivity index (χ0v) is 13.3. The van der Waals surface area contributed by atoms with Crippen LogP contribution in [0.5, 0.6) is 0 Å². The van der Waals surface area contributed by atoms with Crippen LogP contribution in [0.2, 0.25) is 0 Å². The van der Waals surface area contributed by atoms with E-state index >= 15 is 0 Å². The molecule has 1 aliphatic rings. The van der Waals surface area contributed by atoms with E-state index in [1.54, 1.807) is 12.1 Å². The molecule has 0 atom stereocenters. The van der Waals surface area contributed by atoms with Gasteiger partial charge in [-0.05, 0) is 54.8 Å². The lowest BCUT2D eigenvalue weighted by atomic mass is 9.98. The quantitative estimate of drug-likeness (QED) is 0.946. The number of fused-ring (bicyclic) bond motifs is 1. The minimum atomic E-state index is -0.379. The van der Waals surface area contributed by atoms with Crippen LogP contribution in [0.25, 0.3) is 10.9 Å². The molecule has 1 N–H and O–H groups in total. The SMILES string of the molecule is CC1CCN(C(=O)CCc2cc3ccc(F)cc3[nH]c2=O)CC1. The summed E-state index contributed by atoms with van der Waals surface area (Å²) in [4.78, 5) is 28.9. The molecule has 4 nitrogen and oxygen atoms in total. The third kappa shape index (κ3) is 3.60. The lowest BCUT2D eigenvalue weighted by Gasteiger charge is -2.30. The highest BCUT2D eigenvalue weighted by Gasteiger charge is 2.20. The van der Waals surface area contributed by atoms with Crippen molar-refractivity contribution in [2.75, 3.05) is 13.1 Å². The Balaban J connectivity index is 1.69. The van der Waals surface area contributed by atoms with Crippen LogP contribution >= 0.6 is 0 Å². The highest BCUT2D eigenvalue weighted by molar-refractivity contribution is 5.79. The van der Waals surface area contributed by atoms with Gasteiger partial charge in [-0.2, -0.15) is 0 Å². The number of carbonyl (C=O) groups is 1. The Hall–Kier alpha value is -2.17. The Morgan fingerprint density at radius 3 is 2.78 bits per heavy atom. The predicted molar refractivity (Wildman–Crippen MR) is 87.8 cm³/mol. The van der Waals surface area contributed by atoms with Gasteiger partial charge in [-0.15, -0.1) is 0 Å². The van der Waals surface area contributed by atoms with Gasteiger partial charge in [0.15, 0.2) is 0 Å². The summed E-state index contributed by atoms with van der Waals surface area (Å²) in [6, 6.07) is 6.06. The number of hydrogen-bond acceptors (Lipinski definition) is 2. The molecule has 5 heteroatoms. The van der Waals surface area contributed by atoms with Crippen molar-refractivity contribution in [3.8, 4) is 0 Å². The lowest BCUT2D eigenvalue weighted by Crippen LogP contribution is -2.38. The standard InChI is InChI=1S/C18H21FN2O2/c1-12-6-8-21(9-7-12)17(22)5-3-14-10-13-2-4-15(19)11-16(13)20-18(14)23/h2,4,10-12H,3,5-9H2,1H3,(H,20,23). The van der Waals surface area contributed by atoms with Gasteiger partial charge in [0.25, 0.3) is 5.56 Å². The number of H-pyrrole nitrogens is 1. The van der Waals surface area contributed by atoms with E-state index in [0.29, 0.717) is 29.8 Å². The summed E-state index contributed by atoms with van der Waals surface area (Å²) in [5.74, 6) is 0.411. The molecule has 1 saturated heterocycles. The zero-order valence-electron chi connectivity index (χ0n) is 13.3. The van der Waals surface area contributed by atoms with Gasteiger partial charge in [0.2, 0.25) is 5.91 Å². The van der Waals surface area contributed by atoms with E-state index in [1.165, 1.54) is 12.1 Å². The van der Waals surface area contributed by atoms with Gasteiger partial charge < -0.3 is 9.88 Å². The molecule has 0 unspecified atom stereocenters. The molecule has 122 valence electrons. The average molecular weight is 316 g/mol. The van der Waals surface area contributed by atoms with Crippen LogP contribution in [-0.4, -0.2) is 28.9 Å². The van der Waals surface area contributed by atoms with E-state index in [0.717, 1.165) is 31.3 Å². The Kier molecular flexibility index (Phi) is 4.46. The number of aromatic nitrogens is 1. The molecule has 23 heavy (non-hydrogen) atoms. The molecule has 0 bridgehead atoms. The van der Waals surface area contributed by atoms with Crippen LogP contribution in [-0.2, 0) is 11.2 Å². The first-order valence-electron chi connectivity index (χ1n) is 8.12. The van der Waals surface area contributed by atoms with Gasteiger partial charge in [-0.25, -0.2) is 4.39 Å². The molecular weight excluding hydrogens is 295 g/mol. The maximum atomic E-state index is 13.2. The highest BCUT2D eigenvalue weighted by atomic mass is 19.1. The van der Waals surface area contributed by atoms with Crippen molar-refractivity contribution in [2.45, 2.75) is 32.6 Å². The molecule has 1 aliphatic heterocycles. The van der Waals surface area contributed by atoms with Crippen molar-refractivity contribution in [1.82, 2.24) is 9.88 Å². The van der Waals surface area contributed by atoms with E-state index in [1.807, 2.05) is 4.90 Å². The van der Waals surface area contributed by atoms with Crippen molar-refractivity contribution >= 4 is 16.8 Å². The third-order valence-corrected chi connectivity index (χ3v) is 4.63. The summed E-state index contributed by atoms with van der Waals surface area (Å²) >= 11 is 0. The largest absolute Gasteiger partial charge is 0.343 e. The summed E-state index contributed by atoms with van der Waals surface area (Å²) in [6.45, 7) is 3.83. The Morgan fingerprint density at radius 2 is 2.04 bits per heavy atom. The third-order valence-electron chi connectivity index (χ3n) is 4.63. The second kappa shape index (κ2) is 6.52. The number of halogens is 1. The van der Waals surface area contributed by atoms with Gasteiger partial charge in [0, 0.05) is 25.1 Å². The number of pyridine rings is 1. The lowest BCUT2D eigenvalue weighted by molar-refractivity contribution is -0.132. The van der Waals surface area contributed by atoms with Crippen molar-refractivity contribution in [3.05, 3.63) is 46.0 Å². The molecule has 0 saturated carbocycles. The molecular formula is C18H21FN2O2. The van der Waals surface area contributed by atoms with Gasteiger partial charge >= 0.3 is 0 Å². The molecule has 0 spiro atoms. The number of rotatable bonds is 3. The monoisotopic (exact) mass is 316 g/mol. The number of nitrogens with one attached hydrogen (secondary N) is 1. The van der Waals surface area contributed by atoms with Gasteiger partial charge in [-0.1, -0.05) is 6.92 Å². The van der Waals surface area contributed by atoms with E-state index in [9.17, 15) is 14.0 Å². The van der Waals surface area contributed by atoms with Gasteiger partial charge in [0.05, 0.1) is 5.52 Å². The van der Waals surface area contributed by atoms with Gasteiger partial charge in [-0.3, -0.25) is 9.59 Å². The van der Waals surface area contributed by atoms with Gasteiger partial charge in [0.1, 0.15) is 5.82 Å². The molecule has 1 aromatic heterocycles. The summed E-state index contributed by atoms with van der Waals surface area (Å²) in [5.41, 5.74) is 0.807. The number of hydrogen-bond donors (Lipinski definition) is 1. The Bertz CT molecular complexity index is 776. The molecule has 2 aromatic rings. The number of aromatic amines is 1. The minimum Gasteiger partial charge on any atom is -0.343 e. The van der Waals surface area contributed by atoms with E-state index < -0.39 is 0 Å². The number of benzene rings is 1. The van der Waals surface area contributed by atoms with Crippen molar-refractivity contribution in [2.24, 2.45) is 5.92 Å². The van der Waals surface area contributed by atoms with Crippen LogP contribution in [0.4, 0.5) is 4.39 Å². The van der Waals surface area contributed by atoms with Crippen LogP contribution in [0.1, 0.15) is 31.7 Å². The predicted octanol–water partition coefficient (Wildman–Crippen LogP) is 2.86. The van der Waals surface area contributed by atoms with Crippen LogP contribution in [0.3, 0.4) is 0 Å². The van der Waals surface area contributed by atoms with E-state index in [-0.39, 0.29) is 17.3 Å². The Morgan fingerprint density at radius 1 is 1.30 bits per heavy atom. The molecule has 0 radical (unpaired) electrons. The fourth-order valence-electron chi connectivity index (χ4n) is 3.06. The van der Waals surface area contributed by atoms with Crippen LogP contribution in [0, 0.1) is 11.7 Å². The Labute approximate surface area is 134 Å². The second-order valence-electron chi connectivity index (χ2n) is 6.42. The molecule has 3 rings (SSSR count). The van der Waals surface area contributed by atoms with Crippen molar-refractivity contribution < 1.29 is 9.18 Å². The van der Waals surface area contributed by atoms with Crippen LogP contribution in [0.15, 0.2) is 29.1 Å². The number of piperidine rings is 1. The zero-order chi connectivity index (χ0) is 16.4. The summed E-state index contributed by atoms with van der Waals surface area (Å²) < 4.78 is 13.2. The van der Waals surface area contributed by atoms with Crippen molar-refractivity contribution in [1.29, 1.82) is 0 Å². The normalized spacial score (nSPS) is 16.0. The maximum absolute atomic E-state index is 13.2. The molecule has 0 aliphatic carbocycles. The summed E-state index contributed by atoms with van der Waals surface area (Å²) in [5, 5.41) is 0.778. The van der Waals surface area contributed by atoms with E-state index in [4.69, 9.17) is 0 Å². The first-order valence-corrected chi connectivity index (χ1v) is 8.12. The number of nitrogens with zero attached hydrogens (tertiary/aromatic N) is 1. The minimum absolute atomic E-state index is 0.107. The summed E-state index contributed by atoms with van der Waals surface area (Å²) in [6.07, 6.45) is 2.85. The number of aryl methyl sites for hydroxylation is 1. The number of carbonyl (C=O) groups excluding carboxylic acids is 1. The van der Waals surface area contributed by atoms with Crippen LogP contribution < -0.4 is 5.56 Å². The summed E-state index contributed by atoms with van der Waals surface area (Å²) in [7, 11) is 0. The average Bonchev–Trinajstić information content (AvgIpc) is 2.53. The van der Waals surface area contributed by atoms with Crippen molar-refractivity contribution in [3.63, 3.8) is 0 Å². The topological polar surface area (TPSA) is 53.2 Å². The molecule has 1 fully saturated rings. The fourth-order valence-corrected chi connectivity index (χ4v) is 3.06. The first-order chi connectivity index (χ1) is 11.0. The maximum Gasteiger partial charge on any atom is 0.251 e. The second-order valence-corrected chi connectivity index (χ2v) is 6.42. The fraction of sp³-hybridized carbons (Fsp3) is 0.444. The van der Waals surface area contributed by atoms with E-state index in [2.05, 4.69) is 11.9 Å². The smallest absolute Gasteiger partial charge is 0.251 e. The molecule has 2 heterocycles. The first kappa shape index (κ1) is 15.7. The number of amides is 1.